The van der Waals surface area contributed by atoms with Crippen molar-refractivity contribution >= 4 is 0 Å². The van der Waals surface area contributed by atoms with Crippen LogP contribution < -0.4 is 11.5 Å². The van der Waals surface area contributed by atoms with E-state index >= 15 is 0 Å². The van der Waals surface area contributed by atoms with Crippen molar-refractivity contribution in [3.8, 4) is 0 Å². The summed E-state index contributed by atoms with van der Waals surface area (Å²) in [5.74, 6) is 0. The van der Waals surface area contributed by atoms with Crippen LogP contribution in [0.15, 0.2) is 0 Å². The highest BCUT2D eigenvalue weighted by atomic mass is 16.5. The standard InChI is InChI=1S/C8H20N2O2/c1-2-4-11-6-7-12-5-3-8(9)10/h8H,2-7,9-10H2,1H3. The lowest BCUT2D eigenvalue weighted by atomic mass is 10.4. The molecule has 4 nitrogen and oxygen atoms in total. The molecule has 0 atom stereocenters. The van der Waals surface area contributed by atoms with Gasteiger partial charge in [0.15, 0.2) is 0 Å². The molecule has 0 spiro atoms. The van der Waals surface area contributed by atoms with Crippen LogP contribution in [0.25, 0.3) is 0 Å². The summed E-state index contributed by atoms with van der Waals surface area (Å²) in [6.07, 6.45) is 1.49. The average molecular weight is 176 g/mol. The molecule has 0 aromatic rings. The van der Waals surface area contributed by atoms with Gasteiger partial charge in [-0.15, -0.1) is 0 Å². The second-order valence-electron chi connectivity index (χ2n) is 2.68. The van der Waals surface area contributed by atoms with Crippen LogP contribution in [0.2, 0.25) is 0 Å². The normalized spacial score (nSPS) is 11.0. The molecule has 0 aromatic heterocycles. The van der Waals surface area contributed by atoms with Crippen molar-refractivity contribution in [1.82, 2.24) is 0 Å². The molecule has 0 bridgehead atoms. The van der Waals surface area contributed by atoms with Gasteiger partial charge < -0.3 is 20.9 Å². The highest BCUT2D eigenvalue weighted by molar-refractivity contribution is 4.48. The van der Waals surface area contributed by atoms with Gasteiger partial charge in [-0.05, 0) is 12.8 Å². The maximum Gasteiger partial charge on any atom is 0.0700 e. The van der Waals surface area contributed by atoms with Gasteiger partial charge in [-0.2, -0.15) is 0 Å². The third-order valence-corrected chi connectivity index (χ3v) is 1.32. The minimum atomic E-state index is -0.262. The van der Waals surface area contributed by atoms with E-state index in [9.17, 15) is 0 Å². The van der Waals surface area contributed by atoms with Gasteiger partial charge in [0.2, 0.25) is 0 Å². The lowest BCUT2D eigenvalue weighted by molar-refractivity contribution is 0.0457. The first-order valence-electron chi connectivity index (χ1n) is 4.44. The first-order chi connectivity index (χ1) is 5.77. The topological polar surface area (TPSA) is 70.5 Å². The van der Waals surface area contributed by atoms with Crippen molar-refractivity contribution in [2.45, 2.75) is 25.9 Å². The highest BCUT2D eigenvalue weighted by Crippen LogP contribution is 1.85. The van der Waals surface area contributed by atoms with Crippen molar-refractivity contribution in [2.75, 3.05) is 26.4 Å². The molecule has 0 amide bonds. The second kappa shape index (κ2) is 8.93. The van der Waals surface area contributed by atoms with Gasteiger partial charge in [0.05, 0.1) is 19.4 Å². The summed E-state index contributed by atoms with van der Waals surface area (Å²) < 4.78 is 10.4. The molecule has 4 N–H and O–H groups in total. The number of rotatable bonds is 8. The minimum Gasteiger partial charge on any atom is -0.379 e. The molecule has 0 radical (unpaired) electrons. The van der Waals surface area contributed by atoms with Gasteiger partial charge in [-0.1, -0.05) is 6.92 Å². The Morgan fingerprint density at radius 3 is 2.08 bits per heavy atom. The molecule has 0 saturated carbocycles. The minimum absolute atomic E-state index is 0.262. The first-order valence-corrected chi connectivity index (χ1v) is 4.44. The molecule has 0 aliphatic carbocycles. The largest absolute Gasteiger partial charge is 0.379 e. The summed E-state index contributed by atoms with van der Waals surface area (Å²) in [6.45, 7) is 4.79. The quantitative estimate of drug-likeness (QED) is 0.405. The molecule has 4 heteroatoms. The van der Waals surface area contributed by atoms with E-state index in [2.05, 4.69) is 6.92 Å². The van der Waals surface area contributed by atoms with E-state index in [0.29, 0.717) is 26.2 Å². The Balaban J connectivity index is 2.82. The van der Waals surface area contributed by atoms with Crippen molar-refractivity contribution < 1.29 is 9.47 Å². The summed E-state index contributed by atoms with van der Waals surface area (Å²) in [4.78, 5) is 0. The van der Waals surface area contributed by atoms with Gasteiger partial charge in [-0.3, -0.25) is 0 Å². The van der Waals surface area contributed by atoms with E-state index in [1.54, 1.807) is 0 Å². The van der Waals surface area contributed by atoms with Gasteiger partial charge in [0.25, 0.3) is 0 Å². The zero-order valence-corrected chi connectivity index (χ0v) is 7.79. The summed E-state index contributed by atoms with van der Waals surface area (Å²) in [5.41, 5.74) is 10.6. The van der Waals surface area contributed by atoms with E-state index in [-0.39, 0.29) is 6.17 Å². The van der Waals surface area contributed by atoms with Crippen LogP contribution in [0.4, 0.5) is 0 Å². The summed E-state index contributed by atoms with van der Waals surface area (Å²) in [5, 5.41) is 0. The Morgan fingerprint density at radius 1 is 1.00 bits per heavy atom. The summed E-state index contributed by atoms with van der Waals surface area (Å²) in [6, 6.07) is 0. The fourth-order valence-electron chi connectivity index (χ4n) is 0.686. The molecule has 0 aliphatic heterocycles. The Kier molecular flexibility index (Phi) is 8.81. The molecule has 0 fully saturated rings. The van der Waals surface area contributed by atoms with Crippen LogP contribution in [-0.4, -0.2) is 32.6 Å². The second-order valence-corrected chi connectivity index (χ2v) is 2.68. The highest BCUT2D eigenvalue weighted by Gasteiger charge is 1.93. The maximum absolute atomic E-state index is 5.32. The predicted octanol–water partition coefficient (Wildman–Crippen LogP) is 0.0632. The van der Waals surface area contributed by atoms with Crippen molar-refractivity contribution in [3.05, 3.63) is 0 Å². The van der Waals surface area contributed by atoms with Crippen molar-refractivity contribution in [3.63, 3.8) is 0 Å². The molecular formula is C8H20N2O2. The van der Waals surface area contributed by atoms with Gasteiger partial charge in [-0.25, -0.2) is 0 Å². The third-order valence-electron chi connectivity index (χ3n) is 1.32. The Labute approximate surface area is 74.2 Å². The van der Waals surface area contributed by atoms with E-state index in [0.717, 1.165) is 13.0 Å². The average Bonchev–Trinajstić information content (AvgIpc) is 2.02. The molecule has 0 rings (SSSR count). The smallest absolute Gasteiger partial charge is 0.0700 e. The molecule has 0 saturated heterocycles. The van der Waals surface area contributed by atoms with Crippen LogP contribution in [-0.2, 0) is 9.47 Å². The molecular weight excluding hydrogens is 156 g/mol. The van der Waals surface area contributed by atoms with Crippen molar-refractivity contribution in [2.24, 2.45) is 11.5 Å². The number of ether oxygens (including phenoxy) is 2. The number of hydrogen-bond donors (Lipinski definition) is 2. The molecule has 12 heavy (non-hydrogen) atoms. The number of nitrogens with two attached hydrogens (primary N) is 2. The Bertz CT molecular complexity index is 89.1. The van der Waals surface area contributed by atoms with Crippen LogP contribution in [0.1, 0.15) is 19.8 Å². The lowest BCUT2D eigenvalue weighted by Crippen LogP contribution is -2.31. The molecule has 74 valence electrons. The molecule has 0 aromatic carbocycles. The predicted molar refractivity (Wildman–Crippen MR) is 48.7 cm³/mol. The van der Waals surface area contributed by atoms with Crippen LogP contribution in [0.3, 0.4) is 0 Å². The van der Waals surface area contributed by atoms with Crippen LogP contribution in [0, 0.1) is 0 Å². The van der Waals surface area contributed by atoms with Crippen LogP contribution in [0.5, 0.6) is 0 Å². The fraction of sp³-hybridized carbons (Fsp3) is 1.00. The summed E-state index contributed by atoms with van der Waals surface area (Å²) >= 11 is 0. The lowest BCUT2D eigenvalue weighted by Gasteiger charge is -2.06. The van der Waals surface area contributed by atoms with E-state index in [4.69, 9.17) is 20.9 Å². The maximum atomic E-state index is 5.32. The zero-order valence-electron chi connectivity index (χ0n) is 7.79. The Morgan fingerprint density at radius 2 is 1.58 bits per heavy atom. The van der Waals surface area contributed by atoms with Crippen LogP contribution >= 0.6 is 0 Å². The molecule has 0 heterocycles. The first kappa shape index (κ1) is 11.8. The number of hydrogen-bond acceptors (Lipinski definition) is 4. The molecule has 0 aliphatic rings. The van der Waals surface area contributed by atoms with E-state index < -0.39 is 0 Å². The Hall–Kier alpha value is -0.160. The SMILES string of the molecule is CCCOCCOCCC(N)N. The van der Waals surface area contributed by atoms with E-state index in [1.807, 2.05) is 0 Å². The zero-order chi connectivity index (χ0) is 9.23. The van der Waals surface area contributed by atoms with E-state index in [1.165, 1.54) is 0 Å². The van der Waals surface area contributed by atoms with Gasteiger partial charge >= 0.3 is 0 Å². The van der Waals surface area contributed by atoms with Gasteiger partial charge in [0.1, 0.15) is 0 Å². The fourth-order valence-corrected chi connectivity index (χ4v) is 0.686. The third kappa shape index (κ3) is 9.84. The van der Waals surface area contributed by atoms with Crippen molar-refractivity contribution in [1.29, 1.82) is 0 Å². The van der Waals surface area contributed by atoms with Gasteiger partial charge in [0, 0.05) is 13.2 Å². The molecule has 0 unspecified atom stereocenters. The summed E-state index contributed by atoms with van der Waals surface area (Å²) in [7, 11) is 0. The monoisotopic (exact) mass is 176 g/mol.